The van der Waals surface area contributed by atoms with Crippen molar-refractivity contribution in [1.29, 1.82) is 0 Å². The molecule has 3 fully saturated rings. The molecule has 3 aliphatic rings. The zero-order valence-electron chi connectivity index (χ0n) is 21.5. The molecular formula is C25H31ClFN7O4S. The van der Waals surface area contributed by atoms with Crippen LogP contribution in [0.25, 0.3) is 0 Å². The van der Waals surface area contributed by atoms with Crippen LogP contribution in [0.3, 0.4) is 0 Å². The van der Waals surface area contributed by atoms with Crippen LogP contribution in [0, 0.1) is 33.7 Å². The highest BCUT2D eigenvalue weighted by molar-refractivity contribution is 7.99. The molecule has 14 heteroatoms. The fourth-order valence-corrected chi connectivity index (χ4v) is 7.62. The van der Waals surface area contributed by atoms with E-state index in [1.165, 1.54) is 12.1 Å². The fourth-order valence-electron chi connectivity index (χ4n) is 6.10. The molecule has 1 unspecified atom stereocenters. The summed E-state index contributed by atoms with van der Waals surface area (Å²) in [6.45, 7) is 3.82. The van der Waals surface area contributed by atoms with Crippen LogP contribution in [0.2, 0.25) is 5.28 Å². The number of hydrogen-bond acceptors (Lipinski definition) is 10. The van der Waals surface area contributed by atoms with E-state index < -0.39 is 22.6 Å². The first-order valence-electron chi connectivity index (χ1n) is 12.9. The number of likely N-dealkylation sites (N-methyl/N-ethyl adjacent to an activating group) is 1. The summed E-state index contributed by atoms with van der Waals surface area (Å²) in [7, 11) is 2.07. The van der Waals surface area contributed by atoms with Crippen molar-refractivity contribution in [3.05, 3.63) is 45.6 Å². The molecule has 0 radical (unpaired) electrons. The molecule has 0 spiro atoms. The largest absolute Gasteiger partial charge is 0.490 e. The minimum Gasteiger partial charge on any atom is -0.490 e. The van der Waals surface area contributed by atoms with Crippen LogP contribution >= 0.6 is 23.4 Å². The van der Waals surface area contributed by atoms with E-state index in [1.807, 2.05) is 0 Å². The number of hydrogen-bond donors (Lipinski definition) is 2. The summed E-state index contributed by atoms with van der Waals surface area (Å²) in [4.78, 5) is 35.3. The Kier molecular flexibility index (Phi) is 8.29. The fraction of sp³-hybridized carbons (Fsp3) is 0.560. The molecule has 1 aromatic carbocycles. The number of aromatic nitrogens is 2. The van der Waals surface area contributed by atoms with E-state index in [0.29, 0.717) is 18.1 Å². The lowest BCUT2D eigenvalue weighted by atomic mass is 9.83. The number of amides is 1. The lowest BCUT2D eigenvalue weighted by molar-refractivity contribution is -0.384. The van der Waals surface area contributed by atoms with Crippen LogP contribution in [-0.4, -0.2) is 82.6 Å². The molecule has 2 bridgehead atoms. The Morgan fingerprint density at radius 2 is 2.10 bits per heavy atom. The number of nitro groups is 1. The van der Waals surface area contributed by atoms with Gasteiger partial charge in [-0.1, -0.05) is 0 Å². The Balaban J connectivity index is 1.22. The summed E-state index contributed by atoms with van der Waals surface area (Å²) in [5.41, 5.74) is 6.58. The molecule has 1 aromatic heterocycles. The Labute approximate surface area is 234 Å². The number of carbonyl (C=O) groups excluding carboxylic acids is 1. The molecule has 5 atom stereocenters. The highest BCUT2D eigenvalue weighted by atomic mass is 35.5. The van der Waals surface area contributed by atoms with Gasteiger partial charge in [-0.2, -0.15) is 16.7 Å². The summed E-state index contributed by atoms with van der Waals surface area (Å²) >= 11 is 7.59. The van der Waals surface area contributed by atoms with Crippen LogP contribution in [0.5, 0.6) is 5.75 Å². The Morgan fingerprint density at radius 1 is 1.33 bits per heavy atom. The molecule has 5 rings (SSSR count). The van der Waals surface area contributed by atoms with Gasteiger partial charge in [-0.3, -0.25) is 14.9 Å². The monoisotopic (exact) mass is 579 g/mol. The minimum absolute atomic E-state index is 0.00731. The first-order chi connectivity index (χ1) is 18.7. The second-order valence-electron chi connectivity index (χ2n) is 10.3. The summed E-state index contributed by atoms with van der Waals surface area (Å²) < 4.78 is 20.4. The maximum atomic E-state index is 14.3. The van der Waals surface area contributed by atoms with Gasteiger partial charge in [0, 0.05) is 49.3 Å². The third kappa shape index (κ3) is 5.99. The lowest BCUT2D eigenvalue weighted by Gasteiger charge is -2.35. The van der Waals surface area contributed by atoms with E-state index in [9.17, 15) is 19.3 Å². The molecule has 2 heterocycles. The van der Waals surface area contributed by atoms with Crippen LogP contribution in [-0.2, 0) is 4.79 Å². The Bertz CT molecular complexity index is 1230. The van der Waals surface area contributed by atoms with E-state index >= 15 is 0 Å². The van der Waals surface area contributed by atoms with Gasteiger partial charge in [0.1, 0.15) is 5.75 Å². The van der Waals surface area contributed by atoms with Gasteiger partial charge in [0.05, 0.1) is 35.4 Å². The molecule has 1 saturated heterocycles. The molecule has 39 heavy (non-hydrogen) atoms. The average Bonchev–Trinajstić information content (AvgIpc) is 3.47. The number of benzene rings is 1. The maximum Gasteiger partial charge on any atom is 0.273 e. The number of primary amides is 1. The number of piperazine rings is 1. The number of ether oxygens (including phenoxy) is 1. The maximum absolute atomic E-state index is 14.3. The van der Waals surface area contributed by atoms with Crippen molar-refractivity contribution in [3.8, 4) is 5.75 Å². The predicted molar refractivity (Wildman–Crippen MR) is 148 cm³/mol. The Hall–Kier alpha value is -2.90. The zero-order valence-corrected chi connectivity index (χ0v) is 23.0. The van der Waals surface area contributed by atoms with Crippen molar-refractivity contribution >= 4 is 46.5 Å². The van der Waals surface area contributed by atoms with Crippen LogP contribution in [0.15, 0.2) is 24.4 Å². The van der Waals surface area contributed by atoms with Crippen LogP contribution < -0.4 is 20.7 Å². The average molecular weight is 580 g/mol. The number of non-ortho nitro benzene ring substituents is 1. The number of nitrogens with zero attached hydrogens (tertiary/aromatic N) is 5. The minimum atomic E-state index is -0.642. The first-order valence-corrected chi connectivity index (χ1v) is 14.3. The number of nitro benzene ring substituents is 1. The second-order valence-corrected chi connectivity index (χ2v) is 12.0. The molecular weight excluding hydrogens is 549 g/mol. The van der Waals surface area contributed by atoms with Gasteiger partial charge < -0.3 is 25.6 Å². The Morgan fingerprint density at radius 3 is 2.82 bits per heavy atom. The summed E-state index contributed by atoms with van der Waals surface area (Å²) in [5.74, 6) is -0.160. The lowest BCUT2D eigenvalue weighted by Crippen LogP contribution is -2.46. The summed E-state index contributed by atoms with van der Waals surface area (Å²) in [6, 6.07) is 4.41. The van der Waals surface area contributed by atoms with Gasteiger partial charge in [0.2, 0.25) is 11.2 Å². The topological polar surface area (TPSA) is 140 Å². The second kappa shape index (κ2) is 11.7. The molecule has 1 amide bonds. The highest BCUT2D eigenvalue weighted by Crippen LogP contribution is 2.53. The number of halogens is 2. The molecule has 2 aromatic rings. The summed E-state index contributed by atoms with van der Waals surface area (Å²) in [6.07, 6.45) is 2.64. The molecule has 1 aliphatic heterocycles. The summed E-state index contributed by atoms with van der Waals surface area (Å²) in [5, 5.41) is 14.6. The van der Waals surface area contributed by atoms with Crippen molar-refractivity contribution in [3.63, 3.8) is 0 Å². The number of fused-ring (bicyclic) bond motifs is 2. The van der Waals surface area contributed by atoms with E-state index in [-0.39, 0.29) is 39.9 Å². The van der Waals surface area contributed by atoms with Crippen molar-refractivity contribution in [2.45, 2.75) is 24.1 Å². The normalized spacial score (nSPS) is 26.5. The standard InChI is InChI=1S/C25H31ClFN7O4S/c1-32-4-6-33(7-5-32)18-3-2-15(34(36)37)12-19(18)38-8-9-39-20-11-14-10-16(20)22(21(14)23(28)35)30-24-17(27)13-29-25(26)31-24/h2-3,12-14,16,20-22H,4-11H2,1H3,(H2,28,35)(H,29,30,31)/t14-,16+,20+,21-,22?/m0/s1. The van der Waals surface area contributed by atoms with E-state index in [2.05, 4.69) is 32.1 Å². The van der Waals surface area contributed by atoms with Gasteiger partial charge in [-0.25, -0.2) is 9.37 Å². The van der Waals surface area contributed by atoms with Crippen LogP contribution in [0.1, 0.15) is 12.8 Å². The first kappa shape index (κ1) is 27.7. The molecule has 210 valence electrons. The number of carbonyl (C=O) groups is 1. The van der Waals surface area contributed by atoms with Gasteiger partial charge in [0.15, 0.2) is 11.6 Å². The predicted octanol–water partition coefficient (Wildman–Crippen LogP) is 3.03. The third-order valence-corrected chi connectivity index (χ3v) is 9.52. The highest BCUT2D eigenvalue weighted by Gasteiger charge is 2.55. The van der Waals surface area contributed by atoms with E-state index in [0.717, 1.165) is 50.9 Å². The molecule has 2 saturated carbocycles. The zero-order chi connectivity index (χ0) is 27.7. The number of nitrogens with two attached hydrogens (primary N) is 1. The number of nitrogens with one attached hydrogen (secondary N) is 1. The quantitative estimate of drug-likeness (QED) is 0.187. The molecule has 3 N–H and O–H groups in total. The molecule has 11 nitrogen and oxygen atoms in total. The van der Waals surface area contributed by atoms with Gasteiger partial charge >= 0.3 is 0 Å². The SMILES string of the molecule is CN1CCN(c2ccc([N+](=O)[O-])cc2OCCS[C@@H]2C[C@@H]3C[C@H]2C(Nc2nc(Cl)ncc2F)[C@H]3C(N)=O)CC1. The van der Waals surface area contributed by atoms with Gasteiger partial charge in [0.25, 0.3) is 5.69 Å². The van der Waals surface area contributed by atoms with Crippen molar-refractivity contribution in [2.75, 3.05) is 55.8 Å². The smallest absolute Gasteiger partial charge is 0.273 e. The van der Waals surface area contributed by atoms with Crippen molar-refractivity contribution in [1.82, 2.24) is 14.9 Å². The van der Waals surface area contributed by atoms with Crippen molar-refractivity contribution in [2.24, 2.45) is 23.5 Å². The van der Waals surface area contributed by atoms with Crippen LogP contribution in [0.4, 0.5) is 21.6 Å². The molecule has 2 aliphatic carbocycles. The van der Waals surface area contributed by atoms with Gasteiger partial charge in [-0.05, 0) is 49.4 Å². The van der Waals surface area contributed by atoms with E-state index in [1.54, 1.807) is 17.8 Å². The van der Waals surface area contributed by atoms with Gasteiger partial charge in [-0.15, -0.1) is 0 Å². The van der Waals surface area contributed by atoms with Crippen molar-refractivity contribution < 1.29 is 18.8 Å². The number of thioether (sulfide) groups is 1. The van der Waals surface area contributed by atoms with E-state index in [4.69, 9.17) is 22.1 Å². The third-order valence-electron chi connectivity index (χ3n) is 7.96. The number of anilines is 2. The number of rotatable bonds is 10.